The fourth-order valence-electron chi connectivity index (χ4n) is 2.94. The Kier molecular flexibility index (Phi) is 26.5. The van der Waals surface area contributed by atoms with E-state index in [4.69, 9.17) is 26.1 Å². The normalized spacial score (nSPS) is 11.3. The summed E-state index contributed by atoms with van der Waals surface area (Å²) in [7, 11) is 14.1. The van der Waals surface area contributed by atoms with Gasteiger partial charge < -0.3 is 4.74 Å². The van der Waals surface area contributed by atoms with Crippen LogP contribution in [0.5, 0.6) is 0 Å². The van der Waals surface area contributed by atoms with E-state index in [0.29, 0.717) is 0 Å². The molecule has 0 atom stereocenters. The molecule has 0 aliphatic heterocycles. The summed E-state index contributed by atoms with van der Waals surface area (Å²) in [5.74, 6) is 2.21. The number of rotatable bonds is 22. The Morgan fingerprint density at radius 1 is 0.400 bits per heavy atom. The highest BCUT2D eigenvalue weighted by Crippen LogP contribution is 2.14. The molecular formula is C20H40Cl2OS2. The van der Waals surface area contributed by atoms with Crippen molar-refractivity contribution in [3.05, 3.63) is 0 Å². The van der Waals surface area contributed by atoms with Gasteiger partial charge in [0.1, 0.15) is 0 Å². The topological polar surface area (TPSA) is 9.23 Å². The second-order valence-electron chi connectivity index (χ2n) is 6.90. The SMILES string of the molecule is ClSCCCCCCCCCCOCCCCCCCCCCSCl. The zero-order chi connectivity index (χ0) is 18.3. The predicted molar refractivity (Wildman–Crippen MR) is 121 cm³/mol. The molecule has 0 saturated carbocycles. The standard InChI is InChI=1S/C20H40Cl2OS2/c21-24-19-15-11-7-3-1-5-9-13-17-23-18-14-10-6-2-4-8-12-16-20-25-22/h1-20H2. The first-order valence-corrected chi connectivity index (χ1v) is 14.1. The molecule has 0 heterocycles. The summed E-state index contributed by atoms with van der Waals surface area (Å²) >= 11 is 0. The van der Waals surface area contributed by atoms with Crippen LogP contribution in [0.2, 0.25) is 0 Å². The van der Waals surface area contributed by atoms with E-state index in [9.17, 15) is 0 Å². The van der Waals surface area contributed by atoms with Crippen molar-refractivity contribution >= 4 is 43.3 Å². The molecule has 0 aromatic heterocycles. The second-order valence-corrected chi connectivity index (χ2v) is 9.46. The summed E-state index contributed by atoms with van der Waals surface area (Å²) < 4.78 is 5.75. The van der Waals surface area contributed by atoms with Crippen molar-refractivity contribution in [1.82, 2.24) is 0 Å². The third kappa shape index (κ3) is 25.2. The van der Waals surface area contributed by atoms with Gasteiger partial charge in [0.25, 0.3) is 0 Å². The Bertz CT molecular complexity index is 212. The Hall–Kier alpha value is 1.24. The van der Waals surface area contributed by atoms with E-state index in [1.165, 1.54) is 125 Å². The molecule has 0 aliphatic rings. The van der Waals surface area contributed by atoms with Crippen LogP contribution in [0, 0.1) is 0 Å². The molecule has 25 heavy (non-hydrogen) atoms. The maximum Gasteiger partial charge on any atom is 0.0466 e. The number of halogens is 2. The third-order valence-electron chi connectivity index (χ3n) is 4.52. The lowest BCUT2D eigenvalue weighted by molar-refractivity contribution is 0.125. The van der Waals surface area contributed by atoms with E-state index in [1.807, 2.05) is 0 Å². The molecule has 0 radical (unpaired) electrons. The minimum Gasteiger partial charge on any atom is -0.381 e. The van der Waals surface area contributed by atoms with Gasteiger partial charge in [0.05, 0.1) is 0 Å². The van der Waals surface area contributed by atoms with Gasteiger partial charge in [-0.3, -0.25) is 0 Å². The van der Waals surface area contributed by atoms with Crippen molar-refractivity contribution in [1.29, 1.82) is 0 Å². The average molecular weight is 432 g/mol. The first kappa shape index (κ1) is 26.2. The summed E-state index contributed by atoms with van der Waals surface area (Å²) in [6, 6.07) is 0. The van der Waals surface area contributed by atoms with Crippen LogP contribution in [0.1, 0.15) is 103 Å². The molecule has 0 aromatic carbocycles. The summed E-state index contributed by atoms with van der Waals surface area (Å²) in [5.41, 5.74) is 0. The van der Waals surface area contributed by atoms with Crippen LogP contribution in [-0.2, 0) is 4.74 Å². The van der Waals surface area contributed by atoms with Crippen molar-refractivity contribution in [3.8, 4) is 0 Å². The Morgan fingerprint density at radius 2 is 0.680 bits per heavy atom. The van der Waals surface area contributed by atoms with E-state index in [2.05, 4.69) is 0 Å². The Labute approximate surface area is 175 Å². The van der Waals surface area contributed by atoms with Gasteiger partial charge in [-0.2, -0.15) is 0 Å². The summed E-state index contributed by atoms with van der Waals surface area (Å²) in [6.45, 7) is 1.93. The van der Waals surface area contributed by atoms with Gasteiger partial charge in [0.2, 0.25) is 0 Å². The molecule has 1 nitrogen and oxygen atoms in total. The van der Waals surface area contributed by atoms with Gasteiger partial charge in [-0.05, 0) is 47.0 Å². The van der Waals surface area contributed by atoms with Crippen LogP contribution in [-0.4, -0.2) is 24.7 Å². The molecule has 0 saturated heterocycles. The van der Waals surface area contributed by atoms with Crippen molar-refractivity contribution < 1.29 is 4.74 Å². The van der Waals surface area contributed by atoms with E-state index in [-0.39, 0.29) is 0 Å². The zero-order valence-electron chi connectivity index (χ0n) is 16.1. The highest BCUT2D eigenvalue weighted by atomic mass is 35.7. The van der Waals surface area contributed by atoms with Gasteiger partial charge in [-0.25, -0.2) is 0 Å². The molecule has 0 bridgehead atoms. The smallest absolute Gasteiger partial charge is 0.0466 e. The van der Waals surface area contributed by atoms with Crippen LogP contribution < -0.4 is 0 Å². The van der Waals surface area contributed by atoms with E-state index >= 15 is 0 Å². The Morgan fingerprint density at radius 3 is 1.00 bits per heavy atom. The summed E-state index contributed by atoms with van der Waals surface area (Å²) in [5, 5.41) is 0. The second kappa shape index (κ2) is 25.2. The number of hydrogen-bond donors (Lipinski definition) is 0. The first-order valence-electron chi connectivity index (χ1n) is 10.5. The Balaban J connectivity index is 2.94. The molecule has 0 fully saturated rings. The van der Waals surface area contributed by atoms with Crippen molar-refractivity contribution in [2.75, 3.05) is 24.7 Å². The van der Waals surface area contributed by atoms with Crippen LogP contribution >= 0.6 is 43.3 Å². The van der Waals surface area contributed by atoms with Gasteiger partial charge in [-0.1, -0.05) is 99.0 Å². The largest absolute Gasteiger partial charge is 0.381 e. The highest BCUT2D eigenvalue weighted by Gasteiger charge is 1.95. The fraction of sp³-hybridized carbons (Fsp3) is 1.00. The zero-order valence-corrected chi connectivity index (χ0v) is 19.3. The van der Waals surface area contributed by atoms with Crippen LogP contribution in [0.15, 0.2) is 0 Å². The molecule has 0 aromatic rings. The van der Waals surface area contributed by atoms with Crippen molar-refractivity contribution in [3.63, 3.8) is 0 Å². The maximum absolute atomic E-state index is 5.75. The van der Waals surface area contributed by atoms with Gasteiger partial charge in [0, 0.05) is 24.7 Å². The molecular weight excluding hydrogens is 391 g/mol. The molecule has 5 heteroatoms. The molecule has 0 amide bonds. The van der Waals surface area contributed by atoms with Gasteiger partial charge >= 0.3 is 0 Å². The van der Waals surface area contributed by atoms with Crippen molar-refractivity contribution in [2.45, 2.75) is 103 Å². The number of hydrogen-bond acceptors (Lipinski definition) is 3. The third-order valence-corrected chi connectivity index (χ3v) is 6.33. The predicted octanol–water partition coefficient (Wildman–Crippen LogP) is 9.02. The molecule has 0 aliphatic carbocycles. The van der Waals surface area contributed by atoms with Crippen LogP contribution in [0.25, 0.3) is 0 Å². The molecule has 0 rings (SSSR count). The first-order chi connectivity index (χ1) is 12.4. The lowest BCUT2D eigenvalue weighted by Crippen LogP contribution is -1.97. The lowest BCUT2D eigenvalue weighted by atomic mass is 10.1. The number of unbranched alkanes of at least 4 members (excludes halogenated alkanes) is 14. The van der Waals surface area contributed by atoms with E-state index in [0.717, 1.165) is 24.7 Å². The quantitative estimate of drug-likeness (QED) is 0.158. The average Bonchev–Trinajstić information content (AvgIpc) is 2.63. The molecule has 0 unspecified atom stereocenters. The summed E-state index contributed by atoms with van der Waals surface area (Å²) in [4.78, 5) is 0. The van der Waals surface area contributed by atoms with Crippen LogP contribution in [0.4, 0.5) is 0 Å². The van der Waals surface area contributed by atoms with E-state index < -0.39 is 0 Å². The van der Waals surface area contributed by atoms with Gasteiger partial charge in [-0.15, -0.1) is 0 Å². The van der Waals surface area contributed by atoms with Gasteiger partial charge in [0.15, 0.2) is 0 Å². The van der Waals surface area contributed by atoms with E-state index in [1.54, 1.807) is 0 Å². The number of ether oxygens (including phenoxy) is 1. The fourth-order valence-corrected chi connectivity index (χ4v) is 4.23. The molecule has 152 valence electrons. The molecule has 0 N–H and O–H groups in total. The minimum absolute atomic E-state index is 0.964. The monoisotopic (exact) mass is 430 g/mol. The lowest BCUT2D eigenvalue weighted by Gasteiger charge is -2.05. The summed E-state index contributed by atoms with van der Waals surface area (Å²) in [6.07, 6.45) is 21.4. The van der Waals surface area contributed by atoms with Crippen molar-refractivity contribution in [2.24, 2.45) is 0 Å². The maximum atomic E-state index is 5.75. The van der Waals surface area contributed by atoms with Crippen LogP contribution in [0.3, 0.4) is 0 Å². The minimum atomic E-state index is 0.964. The molecule has 0 spiro atoms. The highest BCUT2D eigenvalue weighted by molar-refractivity contribution is 8.21.